The Bertz CT molecular complexity index is 880. The van der Waals surface area contributed by atoms with Gasteiger partial charge in [-0.1, -0.05) is 28.1 Å². The van der Waals surface area contributed by atoms with Gasteiger partial charge in [-0.2, -0.15) is 0 Å². The Labute approximate surface area is 170 Å². The quantitative estimate of drug-likeness (QED) is 0.541. The summed E-state index contributed by atoms with van der Waals surface area (Å²) in [5.74, 6) is -0.553. The highest BCUT2D eigenvalue weighted by atomic mass is 79.9. The van der Waals surface area contributed by atoms with Crippen LogP contribution in [0.1, 0.15) is 23.2 Å². The van der Waals surface area contributed by atoms with Crippen molar-refractivity contribution in [1.82, 2.24) is 10.3 Å². The maximum atomic E-state index is 12.5. The highest BCUT2D eigenvalue weighted by molar-refractivity contribution is 9.10. The van der Waals surface area contributed by atoms with Gasteiger partial charge < -0.3 is 4.90 Å². The van der Waals surface area contributed by atoms with Crippen molar-refractivity contribution >= 4 is 39.1 Å². The third-order valence-electron chi connectivity index (χ3n) is 4.67. The fourth-order valence-electron chi connectivity index (χ4n) is 3.09. The maximum absolute atomic E-state index is 12.5. The van der Waals surface area contributed by atoms with Gasteiger partial charge in [0, 0.05) is 35.1 Å². The maximum Gasteiger partial charge on any atom is 0.294 e. The number of anilines is 1. The van der Waals surface area contributed by atoms with Gasteiger partial charge in [-0.25, -0.2) is 0 Å². The Morgan fingerprint density at radius 1 is 1.07 bits per heavy atom. The Hall–Kier alpha value is -2.94. The predicted octanol–water partition coefficient (Wildman–Crippen LogP) is 3.35. The Morgan fingerprint density at radius 3 is 2.36 bits per heavy atom. The Balaban J connectivity index is 1.52. The van der Waals surface area contributed by atoms with Crippen molar-refractivity contribution in [1.29, 1.82) is 0 Å². The van der Waals surface area contributed by atoms with Crippen molar-refractivity contribution in [2.45, 2.75) is 12.8 Å². The van der Waals surface area contributed by atoms with Gasteiger partial charge in [0.2, 0.25) is 5.91 Å². The highest BCUT2D eigenvalue weighted by Crippen LogP contribution is 2.23. The number of para-hydroxylation sites is 2. The fourth-order valence-corrected chi connectivity index (χ4v) is 3.35. The lowest BCUT2D eigenvalue weighted by Crippen LogP contribution is -2.44. The molecule has 1 aliphatic rings. The van der Waals surface area contributed by atoms with Gasteiger partial charge in [-0.05, 0) is 43.2 Å². The summed E-state index contributed by atoms with van der Waals surface area (Å²) >= 11 is 3.35. The largest absolute Gasteiger partial charge is 0.339 e. The summed E-state index contributed by atoms with van der Waals surface area (Å²) in [6.45, 7) is 0.969. The standard InChI is InChI=1S/C19H19BrN4O4/c20-15-7-5-14(6-8-15)19(26)23-11-9-13(10-12-23)18(25)22-21-16-3-1-2-4-17(16)24(27)28/h1-8,13,21H,9-12H2,(H,22,25). The lowest BCUT2D eigenvalue weighted by atomic mass is 9.95. The average Bonchev–Trinajstić information content (AvgIpc) is 2.72. The first-order chi connectivity index (χ1) is 13.5. The number of hydrazine groups is 1. The van der Waals surface area contributed by atoms with Gasteiger partial charge >= 0.3 is 0 Å². The Morgan fingerprint density at radius 2 is 1.71 bits per heavy atom. The van der Waals surface area contributed by atoms with Crippen LogP contribution < -0.4 is 10.9 Å². The molecule has 1 fully saturated rings. The lowest BCUT2D eigenvalue weighted by Gasteiger charge is -2.31. The van der Waals surface area contributed by atoms with Crippen LogP contribution in [0.2, 0.25) is 0 Å². The average molecular weight is 447 g/mol. The van der Waals surface area contributed by atoms with Gasteiger partial charge in [0.15, 0.2) is 0 Å². The van der Waals surface area contributed by atoms with E-state index in [9.17, 15) is 19.7 Å². The molecule has 0 saturated carbocycles. The van der Waals surface area contributed by atoms with Crippen molar-refractivity contribution in [3.63, 3.8) is 0 Å². The fraction of sp³-hybridized carbons (Fsp3) is 0.263. The monoisotopic (exact) mass is 446 g/mol. The molecule has 1 heterocycles. The van der Waals surface area contributed by atoms with E-state index >= 15 is 0 Å². The van der Waals surface area contributed by atoms with Gasteiger partial charge in [0.25, 0.3) is 11.6 Å². The second kappa shape index (κ2) is 8.83. The summed E-state index contributed by atoms with van der Waals surface area (Å²) < 4.78 is 0.908. The van der Waals surface area contributed by atoms with Crippen LogP contribution in [0.3, 0.4) is 0 Å². The van der Waals surface area contributed by atoms with E-state index in [1.165, 1.54) is 12.1 Å². The number of benzene rings is 2. The van der Waals surface area contributed by atoms with Crippen LogP contribution in [0.4, 0.5) is 11.4 Å². The van der Waals surface area contributed by atoms with Crippen LogP contribution in [0.15, 0.2) is 53.0 Å². The van der Waals surface area contributed by atoms with Crippen LogP contribution in [-0.4, -0.2) is 34.7 Å². The molecule has 0 bridgehead atoms. The molecule has 146 valence electrons. The number of rotatable bonds is 5. The molecule has 0 unspecified atom stereocenters. The molecular weight excluding hydrogens is 428 g/mol. The van der Waals surface area contributed by atoms with Crippen molar-refractivity contribution in [2.75, 3.05) is 18.5 Å². The summed E-state index contributed by atoms with van der Waals surface area (Å²) in [4.78, 5) is 37.2. The second-order valence-electron chi connectivity index (χ2n) is 6.46. The van der Waals surface area contributed by atoms with Crippen molar-refractivity contribution in [3.05, 3.63) is 68.7 Å². The van der Waals surface area contributed by atoms with Crippen LogP contribution in [-0.2, 0) is 4.79 Å². The number of hydrogen-bond donors (Lipinski definition) is 2. The molecule has 2 N–H and O–H groups in total. The number of nitrogens with one attached hydrogen (secondary N) is 2. The summed E-state index contributed by atoms with van der Waals surface area (Å²) in [6.07, 6.45) is 1.07. The molecule has 2 aromatic carbocycles. The van der Waals surface area contributed by atoms with Crippen LogP contribution >= 0.6 is 15.9 Å². The minimum atomic E-state index is -0.513. The number of carbonyl (C=O) groups is 2. The number of piperidine rings is 1. The third-order valence-corrected chi connectivity index (χ3v) is 5.19. The van der Waals surface area contributed by atoms with E-state index < -0.39 is 4.92 Å². The van der Waals surface area contributed by atoms with E-state index in [1.807, 2.05) is 12.1 Å². The van der Waals surface area contributed by atoms with E-state index in [-0.39, 0.29) is 29.1 Å². The van der Waals surface area contributed by atoms with E-state index in [0.717, 1.165) is 4.47 Å². The number of nitro groups is 1. The van der Waals surface area contributed by atoms with E-state index in [1.54, 1.807) is 29.2 Å². The highest BCUT2D eigenvalue weighted by Gasteiger charge is 2.28. The van der Waals surface area contributed by atoms with Crippen molar-refractivity contribution in [2.24, 2.45) is 5.92 Å². The van der Waals surface area contributed by atoms with Gasteiger partial charge in [-0.15, -0.1) is 0 Å². The summed E-state index contributed by atoms with van der Waals surface area (Å²) in [5.41, 5.74) is 5.90. The number of carbonyl (C=O) groups excluding carboxylic acids is 2. The van der Waals surface area contributed by atoms with E-state index in [0.29, 0.717) is 31.5 Å². The van der Waals surface area contributed by atoms with Gasteiger partial charge in [0.05, 0.1) is 4.92 Å². The van der Waals surface area contributed by atoms with Crippen molar-refractivity contribution in [3.8, 4) is 0 Å². The topological polar surface area (TPSA) is 105 Å². The molecule has 2 aromatic rings. The first-order valence-corrected chi connectivity index (χ1v) is 9.59. The first-order valence-electron chi connectivity index (χ1n) is 8.80. The zero-order valence-corrected chi connectivity index (χ0v) is 16.5. The number of nitro benzene ring substituents is 1. The third kappa shape index (κ3) is 4.66. The summed E-state index contributed by atoms with van der Waals surface area (Å²) in [5, 5.41) is 11.0. The molecular formula is C19H19BrN4O4. The Kier molecular flexibility index (Phi) is 6.25. The molecule has 2 amide bonds. The zero-order valence-electron chi connectivity index (χ0n) is 14.9. The normalized spacial score (nSPS) is 14.4. The smallest absolute Gasteiger partial charge is 0.294 e. The lowest BCUT2D eigenvalue weighted by molar-refractivity contribution is -0.384. The van der Waals surface area contributed by atoms with Crippen LogP contribution in [0.25, 0.3) is 0 Å². The first kappa shape index (κ1) is 19.8. The second-order valence-corrected chi connectivity index (χ2v) is 7.38. The number of hydrogen-bond acceptors (Lipinski definition) is 5. The molecule has 9 heteroatoms. The molecule has 1 saturated heterocycles. The minimum absolute atomic E-state index is 0.0515. The molecule has 0 spiro atoms. The summed E-state index contributed by atoms with van der Waals surface area (Å²) in [7, 11) is 0. The molecule has 1 aliphatic heterocycles. The van der Waals surface area contributed by atoms with Gasteiger partial charge in [-0.3, -0.25) is 30.6 Å². The molecule has 0 atom stereocenters. The molecule has 0 aliphatic carbocycles. The number of nitrogens with zero attached hydrogens (tertiary/aromatic N) is 2. The van der Waals surface area contributed by atoms with Gasteiger partial charge in [0.1, 0.15) is 5.69 Å². The molecule has 3 rings (SSSR count). The molecule has 0 aromatic heterocycles. The number of halogens is 1. The molecule has 8 nitrogen and oxygen atoms in total. The molecule has 28 heavy (non-hydrogen) atoms. The summed E-state index contributed by atoms with van der Waals surface area (Å²) in [6, 6.07) is 13.3. The van der Waals surface area contributed by atoms with E-state index in [4.69, 9.17) is 0 Å². The molecule has 0 radical (unpaired) electrons. The van der Waals surface area contributed by atoms with Crippen LogP contribution in [0, 0.1) is 16.0 Å². The zero-order chi connectivity index (χ0) is 20.1. The SMILES string of the molecule is O=C(NNc1ccccc1[N+](=O)[O-])C1CCN(C(=O)c2ccc(Br)cc2)CC1. The number of amides is 2. The van der Waals surface area contributed by atoms with Crippen LogP contribution in [0.5, 0.6) is 0 Å². The predicted molar refractivity (Wildman–Crippen MR) is 108 cm³/mol. The van der Waals surface area contributed by atoms with E-state index in [2.05, 4.69) is 26.8 Å². The van der Waals surface area contributed by atoms with Crippen molar-refractivity contribution < 1.29 is 14.5 Å². The minimum Gasteiger partial charge on any atom is -0.339 e. The number of likely N-dealkylation sites (tertiary alicyclic amines) is 1.